The number of carbonyl (C=O) groups excluding carboxylic acids is 1. The number of ether oxygens (including phenoxy) is 2. The molecule has 4 heteroatoms. The van der Waals surface area contributed by atoms with Crippen molar-refractivity contribution in [2.45, 2.75) is 34.1 Å². The number of aryl methyl sites for hydroxylation is 1. The van der Waals surface area contributed by atoms with Gasteiger partial charge < -0.3 is 14.8 Å². The number of hydrogen-bond donors (Lipinski definition) is 1. The number of amides is 1. The number of hydrogen-bond acceptors (Lipinski definition) is 3. The van der Waals surface area contributed by atoms with Crippen LogP contribution in [0, 0.1) is 5.92 Å². The Bertz CT molecular complexity index is 710. The highest BCUT2D eigenvalue weighted by molar-refractivity contribution is 6.05. The minimum Gasteiger partial charge on any atom is -0.490 e. The van der Waals surface area contributed by atoms with E-state index in [9.17, 15) is 4.79 Å². The molecule has 0 aromatic heterocycles. The molecule has 0 radical (unpaired) electrons. The summed E-state index contributed by atoms with van der Waals surface area (Å²) >= 11 is 0. The van der Waals surface area contributed by atoms with Gasteiger partial charge in [0, 0.05) is 11.3 Å². The number of nitrogens with one attached hydrogen (secondary N) is 1. The third-order valence-corrected chi connectivity index (χ3v) is 3.72. The zero-order valence-corrected chi connectivity index (χ0v) is 15.5. The van der Waals surface area contributed by atoms with Crippen LogP contribution in [-0.4, -0.2) is 19.1 Å². The average Bonchev–Trinajstić information content (AvgIpc) is 2.61. The summed E-state index contributed by atoms with van der Waals surface area (Å²) in [5, 5.41) is 2.98. The van der Waals surface area contributed by atoms with Crippen LogP contribution in [0.2, 0.25) is 0 Å². The fourth-order valence-corrected chi connectivity index (χ4v) is 2.44. The van der Waals surface area contributed by atoms with Crippen LogP contribution in [0.3, 0.4) is 0 Å². The van der Waals surface area contributed by atoms with Crippen molar-refractivity contribution in [3.05, 3.63) is 53.6 Å². The van der Waals surface area contributed by atoms with Gasteiger partial charge in [0.15, 0.2) is 11.5 Å². The molecule has 25 heavy (non-hydrogen) atoms. The van der Waals surface area contributed by atoms with Gasteiger partial charge in [-0.15, -0.1) is 0 Å². The molecule has 1 N–H and O–H groups in total. The number of para-hydroxylation sites is 1. The van der Waals surface area contributed by atoms with Gasteiger partial charge in [0.25, 0.3) is 5.91 Å². The largest absolute Gasteiger partial charge is 0.490 e. The second-order valence-electron chi connectivity index (χ2n) is 6.26. The SMILES string of the molecule is CCOc1cc(C(=O)Nc2ccccc2CC)ccc1OCC(C)C. The summed E-state index contributed by atoms with van der Waals surface area (Å²) in [7, 11) is 0. The van der Waals surface area contributed by atoms with E-state index in [4.69, 9.17) is 9.47 Å². The Balaban J connectivity index is 2.20. The van der Waals surface area contributed by atoms with Crippen molar-refractivity contribution in [1.29, 1.82) is 0 Å². The second-order valence-corrected chi connectivity index (χ2v) is 6.26. The molecule has 0 bridgehead atoms. The molecule has 0 saturated heterocycles. The lowest BCUT2D eigenvalue weighted by Crippen LogP contribution is -2.14. The van der Waals surface area contributed by atoms with E-state index in [0.29, 0.717) is 36.2 Å². The Labute approximate surface area is 150 Å². The maximum atomic E-state index is 12.6. The summed E-state index contributed by atoms with van der Waals surface area (Å²) in [6.45, 7) is 9.29. The lowest BCUT2D eigenvalue weighted by Gasteiger charge is -2.15. The van der Waals surface area contributed by atoms with Crippen molar-refractivity contribution >= 4 is 11.6 Å². The van der Waals surface area contributed by atoms with Crippen LogP contribution >= 0.6 is 0 Å². The van der Waals surface area contributed by atoms with Gasteiger partial charge in [-0.2, -0.15) is 0 Å². The second kappa shape index (κ2) is 9.11. The molecule has 2 aromatic rings. The first-order chi connectivity index (χ1) is 12.0. The lowest BCUT2D eigenvalue weighted by molar-refractivity contribution is 0.102. The number of anilines is 1. The van der Waals surface area contributed by atoms with Crippen molar-refractivity contribution in [2.24, 2.45) is 5.92 Å². The van der Waals surface area contributed by atoms with Crippen LogP contribution in [-0.2, 0) is 6.42 Å². The molecule has 134 valence electrons. The van der Waals surface area contributed by atoms with Gasteiger partial charge in [-0.05, 0) is 49.1 Å². The first-order valence-electron chi connectivity index (χ1n) is 8.84. The van der Waals surface area contributed by atoms with Crippen molar-refractivity contribution in [1.82, 2.24) is 0 Å². The molecule has 0 unspecified atom stereocenters. The molecule has 0 fully saturated rings. The van der Waals surface area contributed by atoms with E-state index in [1.807, 2.05) is 31.2 Å². The number of carbonyl (C=O) groups is 1. The Kier molecular flexibility index (Phi) is 6.87. The lowest BCUT2D eigenvalue weighted by atomic mass is 10.1. The van der Waals surface area contributed by atoms with Gasteiger partial charge in [-0.25, -0.2) is 0 Å². The van der Waals surface area contributed by atoms with Crippen LogP contribution in [0.4, 0.5) is 5.69 Å². The molecule has 2 rings (SSSR count). The highest BCUT2D eigenvalue weighted by Gasteiger charge is 2.13. The predicted octanol–water partition coefficient (Wildman–Crippen LogP) is 4.93. The van der Waals surface area contributed by atoms with Gasteiger partial charge in [-0.1, -0.05) is 39.0 Å². The minimum atomic E-state index is -0.155. The molecular formula is C21H27NO3. The normalized spacial score (nSPS) is 10.6. The van der Waals surface area contributed by atoms with Crippen molar-refractivity contribution in [2.75, 3.05) is 18.5 Å². The molecule has 0 aliphatic rings. The predicted molar refractivity (Wildman–Crippen MR) is 102 cm³/mol. The van der Waals surface area contributed by atoms with Gasteiger partial charge in [-0.3, -0.25) is 4.79 Å². The monoisotopic (exact) mass is 341 g/mol. The maximum absolute atomic E-state index is 12.6. The fraction of sp³-hybridized carbons (Fsp3) is 0.381. The van der Waals surface area contributed by atoms with Gasteiger partial charge in [0.05, 0.1) is 13.2 Å². The van der Waals surface area contributed by atoms with Crippen LogP contribution < -0.4 is 14.8 Å². The summed E-state index contributed by atoms with van der Waals surface area (Å²) in [6.07, 6.45) is 0.864. The Hall–Kier alpha value is -2.49. The Morgan fingerprint density at radius 3 is 2.48 bits per heavy atom. The van der Waals surface area contributed by atoms with Gasteiger partial charge in [0.1, 0.15) is 0 Å². The first-order valence-corrected chi connectivity index (χ1v) is 8.84. The quantitative estimate of drug-likeness (QED) is 0.740. The van der Waals surface area contributed by atoms with E-state index in [-0.39, 0.29) is 5.91 Å². The molecule has 2 aromatic carbocycles. The Morgan fingerprint density at radius 2 is 1.80 bits per heavy atom. The standard InChI is InChI=1S/C21H27NO3/c1-5-16-9-7-8-10-18(16)22-21(23)17-11-12-19(25-14-15(3)4)20(13-17)24-6-2/h7-13,15H,5-6,14H2,1-4H3,(H,22,23). The third kappa shape index (κ3) is 5.24. The van der Waals surface area contributed by atoms with E-state index >= 15 is 0 Å². The highest BCUT2D eigenvalue weighted by Crippen LogP contribution is 2.29. The first kappa shape index (κ1) is 18.8. The maximum Gasteiger partial charge on any atom is 0.255 e. The van der Waals surface area contributed by atoms with Crippen molar-refractivity contribution in [3.8, 4) is 11.5 Å². The van der Waals surface area contributed by atoms with Crippen LogP contribution in [0.1, 0.15) is 43.6 Å². The zero-order valence-electron chi connectivity index (χ0n) is 15.5. The third-order valence-electron chi connectivity index (χ3n) is 3.72. The number of rotatable bonds is 8. The summed E-state index contributed by atoms with van der Waals surface area (Å²) in [5.41, 5.74) is 2.50. The molecule has 4 nitrogen and oxygen atoms in total. The van der Waals surface area contributed by atoms with Crippen LogP contribution in [0.5, 0.6) is 11.5 Å². The average molecular weight is 341 g/mol. The topological polar surface area (TPSA) is 47.6 Å². The van der Waals surface area contributed by atoms with Gasteiger partial charge in [0.2, 0.25) is 0 Å². The van der Waals surface area contributed by atoms with E-state index in [0.717, 1.165) is 17.7 Å². The number of benzene rings is 2. The molecule has 0 atom stereocenters. The minimum absolute atomic E-state index is 0.155. The molecule has 0 spiro atoms. The van der Waals surface area contributed by atoms with Crippen molar-refractivity contribution in [3.63, 3.8) is 0 Å². The van der Waals surface area contributed by atoms with Gasteiger partial charge >= 0.3 is 0 Å². The molecule has 1 amide bonds. The summed E-state index contributed by atoms with van der Waals surface area (Å²) < 4.78 is 11.4. The van der Waals surface area contributed by atoms with Crippen LogP contribution in [0.25, 0.3) is 0 Å². The zero-order chi connectivity index (χ0) is 18.2. The highest BCUT2D eigenvalue weighted by atomic mass is 16.5. The van der Waals surface area contributed by atoms with Crippen LogP contribution in [0.15, 0.2) is 42.5 Å². The smallest absolute Gasteiger partial charge is 0.255 e. The summed E-state index contributed by atoms with van der Waals surface area (Å²) in [6, 6.07) is 13.1. The van der Waals surface area contributed by atoms with Crippen molar-refractivity contribution < 1.29 is 14.3 Å². The molecule has 0 aliphatic carbocycles. The summed E-state index contributed by atoms with van der Waals surface area (Å²) in [5.74, 6) is 1.53. The molecule has 0 saturated carbocycles. The van der Waals surface area contributed by atoms with E-state index in [1.54, 1.807) is 18.2 Å². The molecule has 0 heterocycles. The molecule has 0 aliphatic heterocycles. The Morgan fingerprint density at radius 1 is 1.04 bits per heavy atom. The fourth-order valence-electron chi connectivity index (χ4n) is 2.44. The molecular weight excluding hydrogens is 314 g/mol. The summed E-state index contributed by atoms with van der Waals surface area (Å²) in [4.78, 5) is 12.6. The van der Waals surface area contributed by atoms with E-state index in [2.05, 4.69) is 26.1 Å². The van der Waals surface area contributed by atoms with E-state index < -0.39 is 0 Å². The van der Waals surface area contributed by atoms with E-state index in [1.165, 1.54) is 0 Å².